The monoisotopic (exact) mass is 379 g/mol. The Morgan fingerprint density at radius 1 is 1.11 bits per heavy atom. The molecule has 1 amide bonds. The number of aryl methyl sites for hydroxylation is 2. The van der Waals surface area contributed by atoms with Crippen molar-refractivity contribution in [1.29, 1.82) is 5.26 Å². The molecule has 140 valence electrons. The lowest BCUT2D eigenvalue weighted by molar-refractivity contribution is -0.130. The fraction of sp³-hybridized carbons (Fsp3) is 0.364. The summed E-state index contributed by atoms with van der Waals surface area (Å²) in [7, 11) is 0. The molecule has 1 saturated heterocycles. The van der Waals surface area contributed by atoms with Crippen LogP contribution in [-0.2, 0) is 4.79 Å². The van der Waals surface area contributed by atoms with Crippen molar-refractivity contribution in [2.24, 2.45) is 0 Å². The van der Waals surface area contributed by atoms with E-state index in [0.29, 0.717) is 18.8 Å². The van der Waals surface area contributed by atoms with Crippen molar-refractivity contribution < 1.29 is 4.79 Å². The lowest BCUT2D eigenvalue weighted by atomic mass is 10.1. The van der Waals surface area contributed by atoms with Crippen molar-refractivity contribution in [1.82, 2.24) is 9.80 Å². The lowest BCUT2D eigenvalue weighted by Gasteiger charge is -2.37. The molecule has 5 heteroatoms. The summed E-state index contributed by atoms with van der Waals surface area (Å²) in [5.41, 5.74) is 3.48. The van der Waals surface area contributed by atoms with Gasteiger partial charge in [0.25, 0.3) is 0 Å². The maximum atomic E-state index is 12.6. The van der Waals surface area contributed by atoms with Crippen LogP contribution in [0.4, 0.5) is 0 Å². The third-order valence-electron chi connectivity index (χ3n) is 4.95. The molecule has 0 saturated carbocycles. The molecule has 2 aromatic rings. The van der Waals surface area contributed by atoms with Gasteiger partial charge in [0.2, 0.25) is 5.91 Å². The molecule has 0 N–H and O–H groups in total. The number of nitriles is 1. The maximum Gasteiger partial charge on any atom is 0.233 e. The van der Waals surface area contributed by atoms with Gasteiger partial charge in [-0.1, -0.05) is 48.0 Å². The highest BCUT2D eigenvalue weighted by molar-refractivity contribution is 8.00. The zero-order chi connectivity index (χ0) is 19.2. The first-order chi connectivity index (χ1) is 13.1. The zero-order valence-electron chi connectivity index (χ0n) is 15.9. The van der Waals surface area contributed by atoms with Gasteiger partial charge in [0, 0.05) is 31.1 Å². The van der Waals surface area contributed by atoms with Crippen LogP contribution in [0.3, 0.4) is 0 Å². The van der Waals surface area contributed by atoms with Crippen LogP contribution < -0.4 is 0 Å². The summed E-state index contributed by atoms with van der Waals surface area (Å²) in [6.07, 6.45) is 0. The van der Waals surface area contributed by atoms with Crippen LogP contribution in [0.1, 0.15) is 22.7 Å². The zero-order valence-corrected chi connectivity index (χ0v) is 16.7. The molecular weight excluding hydrogens is 354 g/mol. The van der Waals surface area contributed by atoms with Gasteiger partial charge in [-0.15, -0.1) is 11.8 Å². The number of hydrogen-bond acceptors (Lipinski definition) is 4. The summed E-state index contributed by atoms with van der Waals surface area (Å²) >= 11 is 1.61. The molecular formula is C22H25N3OS. The van der Waals surface area contributed by atoms with Gasteiger partial charge < -0.3 is 4.90 Å². The predicted molar refractivity (Wildman–Crippen MR) is 110 cm³/mol. The topological polar surface area (TPSA) is 47.3 Å². The largest absolute Gasteiger partial charge is 0.339 e. The minimum Gasteiger partial charge on any atom is -0.339 e. The van der Waals surface area contributed by atoms with E-state index in [1.165, 1.54) is 16.0 Å². The van der Waals surface area contributed by atoms with Crippen LogP contribution in [0.5, 0.6) is 0 Å². The summed E-state index contributed by atoms with van der Waals surface area (Å²) in [6, 6.07) is 18.4. The Hall–Kier alpha value is -2.29. The summed E-state index contributed by atoms with van der Waals surface area (Å²) < 4.78 is 0. The number of carbonyl (C=O) groups excluding carboxylic acids is 1. The molecule has 3 rings (SSSR count). The average molecular weight is 380 g/mol. The molecule has 0 radical (unpaired) electrons. The third kappa shape index (κ3) is 4.91. The van der Waals surface area contributed by atoms with Gasteiger partial charge in [-0.3, -0.25) is 9.69 Å². The highest BCUT2D eigenvalue weighted by Gasteiger charge is 2.26. The van der Waals surface area contributed by atoms with Crippen molar-refractivity contribution in [2.45, 2.75) is 24.8 Å². The number of piperazine rings is 1. The fourth-order valence-electron chi connectivity index (χ4n) is 3.42. The molecule has 0 spiro atoms. The van der Waals surface area contributed by atoms with Crippen LogP contribution in [0.25, 0.3) is 0 Å². The van der Waals surface area contributed by atoms with Gasteiger partial charge in [0.05, 0.1) is 11.8 Å². The maximum absolute atomic E-state index is 12.6. The van der Waals surface area contributed by atoms with Crippen LogP contribution in [-0.4, -0.2) is 47.6 Å². The molecule has 1 heterocycles. The fourth-order valence-corrected chi connectivity index (χ4v) is 4.34. The molecule has 0 aliphatic carbocycles. The number of benzene rings is 2. The van der Waals surface area contributed by atoms with E-state index in [9.17, 15) is 10.1 Å². The Labute approximate surface area is 165 Å². The Bertz CT molecular complexity index is 823. The highest BCUT2D eigenvalue weighted by atomic mass is 32.2. The van der Waals surface area contributed by atoms with E-state index in [0.717, 1.165) is 18.7 Å². The highest BCUT2D eigenvalue weighted by Crippen LogP contribution is 2.25. The minimum absolute atomic E-state index is 0.174. The molecule has 27 heavy (non-hydrogen) atoms. The molecule has 1 aliphatic rings. The average Bonchev–Trinajstić information content (AvgIpc) is 2.69. The Kier molecular flexibility index (Phi) is 6.54. The minimum atomic E-state index is -0.243. The van der Waals surface area contributed by atoms with E-state index < -0.39 is 0 Å². The molecule has 0 aromatic heterocycles. The molecule has 1 aliphatic heterocycles. The van der Waals surface area contributed by atoms with Gasteiger partial charge in [0.1, 0.15) is 6.04 Å². The third-order valence-corrected chi connectivity index (χ3v) is 6.11. The molecule has 2 aromatic carbocycles. The van der Waals surface area contributed by atoms with Crippen molar-refractivity contribution in [3.63, 3.8) is 0 Å². The van der Waals surface area contributed by atoms with Crippen molar-refractivity contribution in [3.05, 3.63) is 65.2 Å². The normalized spacial score (nSPS) is 16.0. The lowest BCUT2D eigenvalue weighted by Crippen LogP contribution is -2.50. The Balaban J connectivity index is 1.52. The molecule has 1 fully saturated rings. The van der Waals surface area contributed by atoms with Crippen molar-refractivity contribution in [3.8, 4) is 6.07 Å². The van der Waals surface area contributed by atoms with Crippen LogP contribution in [0.2, 0.25) is 0 Å². The van der Waals surface area contributed by atoms with E-state index >= 15 is 0 Å². The van der Waals surface area contributed by atoms with Gasteiger partial charge in [0.15, 0.2) is 0 Å². The molecule has 0 bridgehead atoms. The first-order valence-electron chi connectivity index (χ1n) is 9.25. The van der Waals surface area contributed by atoms with E-state index in [1.54, 1.807) is 11.8 Å². The van der Waals surface area contributed by atoms with Crippen LogP contribution in [0.15, 0.2) is 53.4 Å². The Morgan fingerprint density at radius 3 is 2.44 bits per heavy atom. The predicted octanol–water partition coefficient (Wildman–Crippen LogP) is 3.80. The summed E-state index contributed by atoms with van der Waals surface area (Å²) in [6.45, 7) is 6.98. The number of nitrogens with zero attached hydrogens (tertiary/aromatic N) is 3. The van der Waals surface area contributed by atoms with E-state index in [1.807, 2.05) is 35.2 Å². The summed E-state index contributed by atoms with van der Waals surface area (Å²) in [5, 5.41) is 9.59. The van der Waals surface area contributed by atoms with Crippen LogP contribution >= 0.6 is 11.8 Å². The molecule has 1 atom stereocenters. The summed E-state index contributed by atoms with van der Waals surface area (Å²) in [4.78, 5) is 17.8. The second-order valence-corrected chi connectivity index (χ2v) is 7.93. The SMILES string of the molecule is Cc1ccc(SCC(=O)N2CCN([C@@H](C#N)c3ccccc3)CC2)c(C)c1. The van der Waals surface area contributed by atoms with E-state index in [-0.39, 0.29) is 11.9 Å². The molecule has 0 unspecified atom stereocenters. The van der Waals surface area contributed by atoms with Crippen molar-refractivity contribution in [2.75, 3.05) is 31.9 Å². The smallest absolute Gasteiger partial charge is 0.233 e. The first-order valence-corrected chi connectivity index (χ1v) is 10.2. The quantitative estimate of drug-likeness (QED) is 0.742. The number of amides is 1. The standard InChI is InChI=1S/C22H25N3OS/c1-17-8-9-21(18(2)14-17)27-16-22(26)25-12-10-24(11-13-25)20(15-23)19-6-4-3-5-7-19/h3-9,14,20H,10-13,16H2,1-2H3/t20-/m0/s1. The van der Waals surface area contributed by atoms with Gasteiger partial charge in [-0.2, -0.15) is 5.26 Å². The number of carbonyl (C=O) groups is 1. The van der Waals surface area contributed by atoms with Gasteiger partial charge in [-0.25, -0.2) is 0 Å². The summed E-state index contributed by atoms with van der Waals surface area (Å²) in [5.74, 6) is 0.636. The van der Waals surface area contributed by atoms with E-state index in [2.05, 4.69) is 43.0 Å². The second kappa shape index (κ2) is 9.07. The first kappa shape index (κ1) is 19.5. The van der Waals surface area contributed by atoms with E-state index in [4.69, 9.17) is 0 Å². The Morgan fingerprint density at radius 2 is 1.81 bits per heavy atom. The number of rotatable bonds is 5. The number of hydrogen-bond donors (Lipinski definition) is 0. The second-order valence-electron chi connectivity index (χ2n) is 6.92. The van der Waals surface area contributed by atoms with Crippen molar-refractivity contribution >= 4 is 17.7 Å². The van der Waals surface area contributed by atoms with Gasteiger partial charge in [-0.05, 0) is 31.0 Å². The van der Waals surface area contributed by atoms with Gasteiger partial charge >= 0.3 is 0 Å². The molecule has 4 nitrogen and oxygen atoms in total. The number of thioether (sulfide) groups is 1. The van der Waals surface area contributed by atoms with Crippen LogP contribution in [0, 0.1) is 25.2 Å².